The summed E-state index contributed by atoms with van der Waals surface area (Å²) in [5.41, 5.74) is 0. The van der Waals surface area contributed by atoms with Gasteiger partial charge in [-0.1, -0.05) is 428 Å². The first kappa shape index (κ1) is 92.8. The molecule has 6 nitrogen and oxygen atoms in total. The van der Waals surface area contributed by atoms with E-state index in [9.17, 15) is 19.8 Å². The molecule has 0 rings (SSSR count). The van der Waals surface area contributed by atoms with Gasteiger partial charge in [0.1, 0.15) is 0 Å². The second kappa shape index (κ2) is 84.2. The minimum absolute atomic E-state index is 0.00839. The van der Waals surface area contributed by atoms with Crippen molar-refractivity contribution in [2.45, 2.75) is 495 Å². The van der Waals surface area contributed by atoms with Crippen LogP contribution in [0, 0.1) is 0 Å². The van der Waals surface area contributed by atoms with Crippen LogP contribution in [0.1, 0.15) is 483 Å². The van der Waals surface area contributed by atoms with Crippen LogP contribution in [0.15, 0.2) is 48.6 Å². The van der Waals surface area contributed by atoms with Crippen molar-refractivity contribution in [2.75, 3.05) is 13.2 Å². The Hall–Kier alpha value is -2.18. The molecule has 0 spiro atoms. The number of amides is 1. The second-order valence-electron chi connectivity index (χ2n) is 29.9. The van der Waals surface area contributed by atoms with E-state index in [2.05, 4.69) is 55.6 Å². The Balaban J connectivity index is 3.36. The summed E-state index contributed by atoms with van der Waals surface area (Å²) >= 11 is 0. The lowest BCUT2D eigenvalue weighted by molar-refractivity contribution is -0.143. The van der Waals surface area contributed by atoms with E-state index >= 15 is 0 Å². The van der Waals surface area contributed by atoms with Crippen LogP contribution in [0.25, 0.3) is 0 Å². The number of unbranched alkanes of at least 4 members (excludes halogenated alkanes) is 65. The van der Waals surface area contributed by atoms with Crippen molar-refractivity contribution in [1.29, 1.82) is 0 Å². The van der Waals surface area contributed by atoms with Gasteiger partial charge in [-0.2, -0.15) is 0 Å². The number of ether oxygens (including phenoxy) is 1. The predicted molar refractivity (Wildman–Crippen MR) is 421 cm³/mol. The monoisotopic (exact) mass is 1330 g/mol. The van der Waals surface area contributed by atoms with Crippen molar-refractivity contribution >= 4 is 11.9 Å². The maximum absolute atomic E-state index is 12.6. The molecule has 95 heavy (non-hydrogen) atoms. The van der Waals surface area contributed by atoms with Crippen LogP contribution in [-0.4, -0.2) is 47.4 Å². The van der Waals surface area contributed by atoms with Gasteiger partial charge in [-0.25, -0.2) is 0 Å². The SMILES string of the molecule is CCCCCC/C=C\C/C=C\CCCCCCCC(=O)OCCCCCCCCCCCCCCCCCC/C=C\CCCCCCCCCCCCCCCCCCCC(=O)NC(CO)C(O)/C=C/CCCCCCCCCCCCCCCCCCCCCCCCC. The molecule has 0 aromatic carbocycles. The highest BCUT2D eigenvalue weighted by Gasteiger charge is 2.18. The molecule has 0 fully saturated rings. The smallest absolute Gasteiger partial charge is 0.305 e. The number of rotatable bonds is 82. The fourth-order valence-corrected chi connectivity index (χ4v) is 13.7. The minimum Gasteiger partial charge on any atom is -0.466 e. The van der Waals surface area contributed by atoms with E-state index in [1.165, 1.54) is 405 Å². The fraction of sp³-hybridized carbons (Fsp3) is 0.888. The first-order chi connectivity index (χ1) is 47.0. The minimum atomic E-state index is -0.844. The molecule has 3 N–H and O–H groups in total. The molecule has 2 atom stereocenters. The third kappa shape index (κ3) is 80.7. The lowest BCUT2D eigenvalue weighted by atomic mass is 10.0. The molecule has 6 heteroatoms. The van der Waals surface area contributed by atoms with Crippen molar-refractivity contribution in [3.63, 3.8) is 0 Å². The molecule has 0 aliphatic rings. The van der Waals surface area contributed by atoms with Crippen molar-refractivity contribution in [3.05, 3.63) is 48.6 Å². The normalized spacial score (nSPS) is 12.7. The number of aliphatic hydroxyl groups is 2. The third-order valence-corrected chi connectivity index (χ3v) is 20.3. The Bertz CT molecular complexity index is 1590. The quantitative estimate of drug-likeness (QED) is 0.0320. The number of carbonyl (C=O) groups is 2. The highest BCUT2D eigenvalue weighted by molar-refractivity contribution is 5.76. The molecule has 0 radical (unpaired) electrons. The maximum atomic E-state index is 12.6. The lowest BCUT2D eigenvalue weighted by Gasteiger charge is -2.20. The van der Waals surface area contributed by atoms with E-state index in [0.29, 0.717) is 19.4 Å². The third-order valence-electron chi connectivity index (χ3n) is 20.3. The Morgan fingerprint density at radius 1 is 0.295 bits per heavy atom. The van der Waals surface area contributed by atoms with Gasteiger partial charge in [-0.15, -0.1) is 0 Å². The van der Waals surface area contributed by atoms with E-state index in [1.807, 2.05) is 6.08 Å². The van der Waals surface area contributed by atoms with Gasteiger partial charge in [0.15, 0.2) is 0 Å². The van der Waals surface area contributed by atoms with Crippen LogP contribution < -0.4 is 5.32 Å². The molecule has 1 amide bonds. The first-order valence-corrected chi connectivity index (χ1v) is 43.4. The van der Waals surface area contributed by atoms with E-state index in [0.717, 1.165) is 51.4 Å². The van der Waals surface area contributed by atoms with Gasteiger partial charge in [-0.3, -0.25) is 9.59 Å². The molecular weight excluding hydrogens is 1160 g/mol. The number of allylic oxidation sites excluding steroid dienone is 7. The first-order valence-electron chi connectivity index (χ1n) is 43.4. The van der Waals surface area contributed by atoms with Crippen LogP contribution in [0.5, 0.6) is 0 Å². The number of nitrogens with one attached hydrogen (secondary N) is 1. The highest BCUT2D eigenvalue weighted by atomic mass is 16.5. The van der Waals surface area contributed by atoms with Gasteiger partial charge in [0.2, 0.25) is 5.91 Å². The Kier molecular flexibility index (Phi) is 82.3. The van der Waals surface area contributed by atoms with Gasteiger partial charge < -0.3 is 20.3 Å². The topological polar surface area (TPSA) is 95.9 Å². The number of carbonyl (C=O) groups excluding carboxylic acids is 2. The summed E-state index contributed by atoms with van der Waals surface area (Å²) in [6.07, 6.45) is 113. The fourth-order valence-electron chi connectivity index (χ4n) is 13.7. The van der Waals surface area contributed by atoms with Crippen LogP contribution in [0.3, 0.4) is 0 Å². The van der Waals surface area contributed by atoms with Crippen molar-refractivity contribution in [3.8, 4) is 0 Å². The van der Waals surface area contributed by atoms with Gasteiger partial charge in [0.05, 0.1) is 25.4 Å². The Labute approximate surface area is 595 Å². The molecule has 2 unspecified atom stereocenters. The van der Waals surface area contributed by atoms with Crippen LogP contribution in [-0.2, 0) is 14.3 Å². The largest absolute Gasteiger partial charge is 0.466 e. The van der Waals surface area contributed by atoms with Crippen molar-refractivity contribution in [2.24, 2.45) is 0 Å². The number of aliphatic hydroxyl groups excluding tert-OH is 2. The molecule has 0 aromatic rings. The Morgan fingerprint density at radius 2 is 0.526 bits per heavy atom. The summed E-state index contributed by atoms with van der Waals surface area (Å²) in [4.78, 5) is 24.7. The molecule has 0 aromatic heterocycles. The molecule has 0 heterocycles. The summed E-state index contributed by atoms with van der Waals surface area (Å²) in [6.45, 7) is 4.93. The maximum Gasteiger partial charge on any atom is 0.305 e. The molecular formula is C89H169NO5. The number of esters is 1. The zero-order valence-electron chi connectivity index (χ0n) is 64.4. The summed E-state index contributed by atoms with van der Waals surface area (Å²) in [6, 6.07) is -0.627. The standard InChI is InChI=1S/C89H169NO5/c1-3-5-7-9-11-13-15-17-19-21-22-23-24-38-41-44-47-50-53-57-61-65-69-73-77-81-87(92)86(85-91)90-88(93)82-78-74-70-66-62-58-54-51-48-45-42-39-36-34-32-30-28-26-25-27-29-31-33-35-37-40-43-46-49-52-56-60-64-68-72-76-80-84-95-89(94)83-79-75-71-67-63-59-55-20-18-16-14-12-10-8-6-4-2/h14,16,20,25,27,55,77,81,86-87,91-92H,3-13,15,17-19,21-24,26,28-54,56-76,78-80,82-85H2,1-2H3,(H,90,93)/b16-14-,27-25-,55-20-,81-77+. The van der Waals surface area contributed by atoms with E-state index in [1.54, 1.807) is 6.08 Å². The van der Waals surface area contributed by atoms with Crippen molar-refractivity contribution in [1.82, 2.24) is 5.32 Å². The summed E-state index contributed by atoms with van der Waals surface area (Å²) in [5, 5.41) is 23.3. The summed E-state index contributed by atoms with van der Waals surface area (Å²) in [5.74, 6) is -0.0503. The van der Waals surface area contributed by atoms with Gasteiger partial charge in [-0.05, 0) is 89.9 Å². The van der Waals surface area contributed by atoms with Gasteiger partial charge >= 0.3 is 5.97 Å². The predicted octanol–water partition coefficient (Wildman–Crippen LogP) is 29.1. The highest BCUT2D eigenvalue weighted by Crippen LogP contribution is 2.20. The average Bonchev–Trinajstić information content (AvgIpc) is 2.97. The van der Waals surface area contributed by atoms with E-state index in [-0.39, 0.29) is 18.5 Å². The van der Waals surface area contributed by atoms with E-state index < -0.39 is 12.1 Å². The van der Waals surface area contributed by atoms with Crippen LogP contribution >= 0.6 is 0 Å². The molecule has 0 bridgehead atoms. The lowest BCUT2D eigenvalue weighted by Crippen LogP contribution is -2.45. The van der Waals surface area contributed by atoms with Crippen molar-refractivity contribution < 1.29 is 24.5 Å². The molecule has 0 aliphatic carbocycles. The van der Waals surface area contributed by atoms with Gasteiger partial charge in [0, 0.05) is 12.8 Å². The second-order valence-corrected chi connectivity index (χ2v) is 29.9. The molecule has 0 aliphatic heterocycles. The van der Waals surface area contributed by atoms with E-state index in [4.69, 9.17) is 4.74 Å². The Morgan fingerprint density at radius 3 is 0.821 bits per heavy atom. The summed E-state index contributed by atoms with van der Waals surface area (Å²) < 4.78 is 5.50. The van der Waals surface area contributed by atoms with Crippen LogP contribution in [0.2, 0.25) is 0 Å². The molecule has 0 saturated carbocycles. The van der Waals surface area contributed by atoms with Crippen LogP contribution in [0.4, 0.5) is 0 Å². The molecule has 560 valence electrons. The molecule has 0 saturated heterocycles. The number of hydrogen-bond donors (Lipinski definition) is 3. The number of hydrogen-bond acceptors (Lipinski definition) is 5. The average molecular weight is 1330 g/mol. The van der Waals surface area contributed by atoms with Gasteiger partial charge in [0.25, 0.3) is 0 Å². The zero-order chi connectivity index (χ0) is 68.4. The summed E-state index contributed by atoms with van der Waals surface area (Å²) in [7, 11) is 0. The zero-order valence-corrected chi connectivity index (χ0v) is 64.4.